The lowest BCUT2D eigenvalue weighted by atomic mass is 10.1. The van der Waals surface area contributed by atoms with Crippen molar-refractivity contribution in [2.24, 2.45) is 0 Å². The molecule has 0 aliphatic rings. The summed E-state index contributed by atoms with van der Waals surface area (Å²) in [6.07, 6.45) is 3.81. The van der Waals surface area contributed by atoms with Crippen LogP contribution in [0.4, 0.5) is 0 Å². The molecule has 0 amide bonds. The molecule has 0 radical (unpaired) electrons. The average Bonchev–Trinajstić information content (AvgIpc) is 3.61. The van der Waals surface area contributed by atoms with Gasteiger partial charge >= 0.3 is 0 Å². The van der Waals surface area contributed by atoms with Gasteiger partial charge < -0.3 is 4.74 Å². The van der Waals surface area contributed by atoms with Gasteiger partial charge in [-0.3, -0.25) is 4.79 Å². The van der Waals surface area contributed by atoms with Crippen LogP contribution in [0.5, 0.6) is 5.75 Å². The third kappa shape index (κ3) is 4.32. The van der Waals surface area contributed by atoms with E-state index in [1.165, 1.54) is 15.9 Å². The van der Waals surface area contributed by atoms with Gasteiger partial charge in [0.2, 0.25) is 4.96 Å². The van der Waals surface area contributed by atoms with Crippen molar-refractivity contribution in [3.8, 4) is 34.1 Å². The Balaban J connectivity index is 1.47. The van der Waals surface area contributed by atoms with Crippen LogP contribution in [0.3, 0.4) is 0 Å². The number of hydrogen-bond donors (Lipinski definition) is 0. The summed E-state index contributed by atoms with van der Waals surface area (Å²) in [7, 11) is 0. The number of benzene rings is 3. The Bertz CT molecular complexity index is 1820. The zero-order valence-corrected chi connectivity index (χ0v) is 21.1. The first-order valence-corrected chi connectivity index (χ1v) is 12.8. The molecule has 0 bridgehead atoms. The van der Waals surface area contributed by atoms with Crippen LogP contribution in [-0.4, -0.2) is 31.0 Å². The first kappa shape index (κ1) is 22.9. The van der Waals surface area contributed by atoms with E-state index in [0.717, 1.165) is 39.4 Å². The van der Waals surface area contributed by atoms with Crippen LogP contribution in [0.25, 0.3) is 39.4 Å². The third-order valence-corrected chi connectivity index (χ3v) is 7.02. The van der Waals surface area contributed by atoms with Gasteiger partial charge in [0.1, 0.15) is 11.4 Å². The molecule has 0 atom stereocenters. The largest absolute Gasteiger partial charge is 0.494 e. The summed E-state index contributed by atoms with van der Waals surface area (Å²) in [6, 6.07) is 25.6. The molecule has 7 nitrogen and oxygen atoms in total. The molecule has 182 valence electrons. The highest BCUT2D eigenvalue weighted by molar-refractivity contribution is 7.15. The molecule has 8 heteroatoms. The van der Waals surface area contributed by atoms with Crippen LogP contribution in [0.15, 0.2) is 89.9 Å². The maximum Gasteiger partial charge on any atom is 0.291 e. The van der Waals surface area contributed by atoms with E-state index >= 15 is 0 Å². The molecular formula is C29H23N5O2S. The first-order chi connectivity index (χ1) is 18.1. The number of thiazole rings is 1. The molecule has 0 unspecified atom stereocenters. The summed E-state index contributed by atoms with van der Waals surface area (Å²) in [4.78, 5) is 18.5. The molecule has 3 aromatic carbocycles. The Labute approximate surface area is 216 Å². The minimum absolute atomic E-state index is 0.197. The van der Waals surface area contributed by atoms with Crippen molar-refractivity contribution < 1.29 is 4.74 Å². The van der Waals surface area contributed by atoms with Crippen molar-refractivity contribution in [3.63, 3.8) is 0 Å². The Morgan fingerprint density at radius 3 is 2.43 bits per heavy atom. The predicted molar refractivity (Wildman–Crippen MR) is 146 cm³/mol. The number of para-hydroxylation sites is 1. The van der Waals surface area contributed by atoms with Crippen molar-refractivity contribution in [2.75, 3.05) is 6.61 Å². The van der Waals surface area contributed by atoms with Crippen LogP contribution in [-0.2, 0) is 0 Å². The summed E-state index contributed by atoms with van der Waals surface area (Å²) in [6.45, 7) is 4.57. The van der Waals surface area contributed by atoms with Gasteiger partial charge in [0.15, 0.2) is 5.82 Å². The predicted octanol–water partition coefficient (Wildman–Crippen LogP) is 4.93. The number of aromatic nitrogens is 5. The van der Waals surface area contributed by atoms with E-state index in [2.05, 4.69) is 10.1 Å². The highest BCUT2D eigenvalue weighted by Crippen LogP contribution is 2.27. The third-order valence-electron chi connectivity index (χ3n) is 6.06. The van der Waals surface area contributed by atoms with Gasteiger partial charge in [-0.15, -0.1) is 5.10 Å². The summed E-state index contributed by atoms with van der Waals surface area (Å²) in [5, 5.41) is 9.38. The minimum Gasteiger partial charge on any atom is -0.494 e. The molecular weight excluding hydrogens is 482 g/mol. The lowest BCUT2D eigenvalue weighted by molar-refractivity contribution is 0.340. The van der Waals surface area contributed by atoms with E-state index in [1.54, 1.807) is 0 Å². The molecule has 0 fully saturated rings. The van der Waals surface area contributed by atoms with E-state index in [-0.39, 0.29) is 5.56 Å². The second-order valence-corrected chi connectivity index (χ2v) is 9.54. The molecule has 0 saturated heterocycles. The van der Waals surface area contributed by atoms with Crippen molar-refractivity contribution in [1.29, 1.82) is 0 Å². The van der Waals surface area contributed by atoms with Crippen molar-refractivity contribution >= 4 is 22.4 Å². The molecule has 3 heterocycles. The van der Waals surface area contributed by atoms with Crippen LogP contribution in [0, 0.1) is 6.92 Å². The molecule has 0 aliphatic carbocycles. The molecule has 0 saturated carbocycles. The highest BCUT2D eigenvalue weighted by Gasteiger charge is 2.15. The fraction of sp³-hybridized carbons (Fsp3) is 0.103. The topological polar surface area (TPSA) is 74.3 Å². The van der Waals surface area contributed by atoms with Gasteiger partial charge in [0, 0.05) is 22.9 Å². The highest BCUT2D eigenvalue weighted by atomic mass is 32.1. The fourth-order valence-corrected chi connectivity index (χ4v) is 5.12. The van der Waals surface area contributed by atoms with E-state index in [1.807, 2.05) is 110 Å². The number of ether oxygens (including phenoxy) is 1. The summed E-state index contributed by atoms with van der Waals surface area (Å²) in [5.74, 6) is 1.36. The minimum atomic E-state index is -0.197. The number of fused-ring (bicyclic) bond motifs is 1. The molecule has 0 spiro atoms. The smallest absolute Gasteiger partial charge is 0.291 e. The van der Waals surface area contributed by atoms with Crippen LogP contribution >= 0.6 is 11.3 Å². The normalized spacial score (nSPS) is 11.9. The standard InChI is InChI=1S/C29H23N5O2S/c1-3-36-23-15-13-20(14-16-23)26-21(18-33(31-26)22-10-5-4-6-11-22)17-25-28(35)34-29(37-25)30-27(32-34)24-12-8-7-9-19(24)2/h4-18H,3H2,1-2H3. The molecule has 3 aromatic heterocycles. The molecule has 37 heavy (non-hydrogen) atoms. The molecule has 0 aliphatic heterocycles. The van der Waals surface area contributed by atoms with Gasteiger partial charge in [-0.05, 0) is 61.9 Å². The lowest BCUT2D eigenvalue weighted by Gasteiger charge is -2.04. The van der Waals surface area contributed by atoms with Crippen LogP contribution in [0.2, 0.25) is 0 Å². The summed E-state index contributed by atoms with van der Waals surface area (Å²) >= 11 is 1.32. The number of nitrogens with zero attached hydrogens (tertiary/aromatic N) is 5. The monoisotopic (exact) mass is 505 g/mol. The van der Waals surface area contributed by atoms with E-state index in [9.17, 15) is 4.79 Å². The van der Waals surface area contributed by atoms with Crippen molar-refractivity contribution in [3.05, 3.63) is 111 Å². The van der Waals surface area contributed by atoms with E-state index < -0.39 is 0 Å². The molecule has 0 N–H and O–H groups in total. The van der Waals surface area contributed by atoms with E-state index in [4.69, 9.17) is 9.84 Å². The Hall–Kier alpha value is -4.56. The zero-order valence-electron chi connectivity index (χ0n) is 20.3. The maximum absolute atomic E-state index is 13.3. The van der Waals surface area contributed by atoms with Gasteiger partial charge in [-0.2, -0.15) is 14.6 Å². The molecule has 6 rings (SSSR count). The molecule has 6 aromatic rings. The van der Waals surface area contributed by atoms with Crippen LogP contribution < -0.4 is 14.8 Å². The quantitative estimate of drug-likeness (QED) is 0.321. The number of aryl methyl sites for hydroxylation is 1. The average molecular weight is 506 g/mol. The van der Waals surface area contributed by atoms with Gasteiger partial charge in [-0.25, -0.2) is 4.68 Å². The van der Waals surface area contributed by atoms with Gasteiger partial charge in [0.25, 0.3) is 5.56 Å². The second kappa shape index (κ2) is 9.48. The SMILES string of the molecule is CCOc1ccc(-c2nn(-c3ccccc3)cc2C=c2sc3nc(-c4ccccc4C)nn3c2=O)cc1. The second-order valence-electron chi connectivity index (χ2n) is 8.53. The van der Waals surface area contributed by atoms with Crippen LogP contribution in [0.1, 0.15) is 18.1 Å². The fourth-order valence-electron chi connectivity index (χ4n) is 4.22. The summed E-state index contributed by atoms with van der Waals surface area (Å²) < 4.78 is 9.36. The van der Waals surface area contributed by atoms with Crippen molar-refractivity contribution in [2.45, 2.75) is 13.8 Å². The van der Waals surface area contributed by atoms with E-state index in [0.29, 0.717) is 21.9 Å². The Morgan fingerprint density at radius 2 is 1.70 bits per heavy atom. The lowest BCUT2D eigenvalue weighted by Crippen LogP contribution is -2.23. The van der Waals surface area contributed by atoms with Gasteiger partial charge in [-0.1, -0.05) is 53.8 Å². The Morgan fingerprint density at radius 1 is 0.946 bits per heavy atom. The zero-order chi connectivity index (χ0) is 25.4. The number of rotatable bonds is 6. The summed E-state index contributed by atoms with van der Waals surface area (Å²) in [5.41, 5.74) is 5.25. The number of hydrogen-bond acceptors (Lipinski definition) is 6. The van der Waals surface area contributed by atoms with Crippen molar-refractivity contribution in [1.82, 2.24) is 24.4 Å². The maximum atomic E-state index is 13.3. The van der Waals surface area contributed by atoms with Gasteiger partial charge in [0.05, 0.1) is 16.8 Å². The Kier molecular flexibility index (Phi) is 5.86. The first-order valence-electron chi connectivity index (χ1n) is 12.0.